The molecule has 2 rings (SSSR count). The molecule has 30 heavy (non-hydrogen) atoms. The lowest BCUT2D eigenvalue weighted by Gasteiger charge is -2.26. The fourth-order valence-electron chi connectivity index (χ4n) is 3.13. The SMILES string of the molecule is CCCCN(CCC(=O)Nc1ccccc1Cl)c1c(N)n(CC(C)C)c(=O)[nH]c1=O. The van der Waals surface area contributed by atoms with Gasteiger partial charge in [0.2, 0.25) is 5.91 Å². The lowest BCUT2D eigenvalue weighted by molar-refractivity contribution is -0.116. The van der Waals surface area contributed by atoms with Crippen LogP contribution in [0.4, 0.5) is 17.2 Å². The number of benzene rings is 1. The van der Waals surface area contributed by atoms with Crippen molar-refractivity contribution >= 4 is 34.7 Å². The molecule has 1 amide bonds. The standard InChI is InChI=1S/C21H30ClN5O3/c1-4-5-11-26(12-10-17(28)24-16-9-7-6-8-15(16)22)18-19(23)27(13-14(2)3)21(30)25-20(18)29/h6-9,14H,4-5,10-13,23H2,1-3H3,(H,24,28)(H,25,29,30). The van der Waals surface area contributed by atoms with E-state index in [4.69, 9.17) is 17.3 Å². The van der Waals surface area contributed by atoms with Crippen LogP contribution in [0.25, 0.3) is 0 Å². The number of nitrogens with two attached hydrogens (primary N) is 1. The van der Waals surface area contributed by atoms with Gasteiger partial charge in [-0.2, -0.15) is 0 Å². The second-order valence-corrected chi connectivity index (χ2v) is 8.02. The van der Waals surface area contributed by atoms with E-state index in [1.807, 2.05) is 20.8 Å². The first-order valence-electron chi connectivity index (χ1n) is 10.2. The summed E-state index contributed by atoms with van der Waals surface area (Å²) in [5.41, 5.74) is 5.94. The summed E-state index contributed by atoms with van der Waals surface area (Å²) >= 11 is 6.09. The molecule has 8 nitrogen and oxygen atoms in total. The summed E-state index contributed by atoms with van der Waals surface area (Å²) in [4.78, 5) is 41.4. The van der Waals surface area contributed by atoms with Gasteiger partial charge in [-0.3, -0.25) is 19.1 Å². The third-order valence-electron chi connectivity index (χ3n) is 4.62. The van der Waals surface area contributed by atoms with Gasteiger partial charge in [-0.15, -0.1) is 0 Å². The van der Waals surface area contributed by atoms with E-state index in [2.05, 4.69) is 10.3 Å². The van der Waals surface area contributed by atoms with Gasteiger partial charge in [0.25, 0.3) is 5.56 Å². The molecule has 0 radical (unpaired) electrons. The molecule has 9 heteroatoms. The highest BCUT2D eigenvalue weighted by molar-refractivity contribution is 6.33. The van der Waals surface area contributed by atoms with Gasteiger partial charge in [0.1, 0.15) is 11.5 Å². The average molecular weight is 436 g/mol. The zero-order valence-electron chi connectivity index (χ0n) is 17.7. The van der Waals surface area contributed by atoms with E-state index < -0.39 is 11.2 Å². The van der Waals surface area contributed by atoms with Gasteiger partial charge >= 0.3 is 5.69 Å². The van der Waals surface area contributed by atoms with Gasteiger partial charge in [0, 0.05) is 26.1 Å². The van der Waals surface area contributed by atoms with Crippen molar-refractivity contribution in [2.75, 3.05) is 29.0 Å². The molecular formula is C21H30ClN5O3. The van der Waals surface area contributed by atoms with Crippen LogP contribution >= 0.6 is 11.6 Å². The summed E-state index contributed by atoms with van der Waals surface area (Å²) in [6.45, 7) is 7.18. The van der Waals surface area contributed by atoms with Crippen molar-refractivity contribution in [2.45, 2.75) is 46.6 Å². The molecule has 4 N–H and O–H groups in total. The molecule has 1 aromatic heterocycles. The highest BCUT2D eigenvalue weighted by Crippen LogP contribution is 2.21. The van der Waals surface area contributed by atoms with Crippen LogP contribution in [0, 0.1) is 5.92 Å². The summed E-state index contributed by atoms with van der Waals surface area (Å²) in [6, 6.07) is 6.99. The van der Waals surface area contributed by atoms with E-state index >= 15 is 0 Å². The van der Waals surface area contributed by atoms with Gasteiger partial charge in [-0.1, -0.05) is 50.9 Å². The predicted octanol–water partition coefficient (Wildman–Crippen LogP) is 3.06. The predicted molar refractivity (Wildman–Crippen MR) is 122 cm³/mol. The maximum absolute atomic E-state index is 12.6. The number of amides is 1. The maximum Gasteiger partial charge on any atom is 0.330 e. The fraction of sp³-hybridized carbons (Fsp3) is 0.476. The van der Waals surface area contributed by atoms with Crippen LogP contribution in [-0.2, 0) is 11.3 Å². The summed E-state index contributed by atoms with van der Waals surface area (Å²) in [5.74, 6) is 0.0735. The van der Waals surface area contributed by atoms with E-state index in [9.17, 15) is 14.4 Å². The number of carbonyl (C=O) groups is 1. The number of para-hydroxylation sites is 1. The smallest absolute Gasteiger partial charge is 0.330 e. The number of aromatic amines is 1. The minimum absolute atomic E-state index is 0.125. The van der Waals surface area contributed by atoms with Crippen molar-refractivity contribution in [2.24, 2.45) is 5.92 Å². The number of carbonyl (C=O) groups excluding carboxylic acids is 1. The van der Waals surface area contributed by atoms with Crippen molar-refractivity contribution in [1.29, 1.82) is 0 Å². The van der Waals surface area contributed by atoms with Crippen molar-refractivity contribution in [3.05, 3.63) is 50.1 Å². The van der Waals surface area contributed by atoms with Gasteiger partial charge in [0.15, 0.2) is 0 Å². The lowest BCUT2D eigenvalue weighted by atomic mass is 10.2. The Labute approximate surface area is 181 Å². The van der Waals surface area contributed by atoms with E-state index in [0.717, 1.165) is 12.8 Å². The van der Waals surface area contributed by atoms with E-state index in [1.54, 1.807) is 29.2 Å². The molecule has 0 unspecified atom stereocenters. The van der Waals surface area contributed by atoms with Gasteiger partial charge in [0.05, 0.1) is 10.7 Å². The van der Waals surface area contributed by atoms with E-state index in [0.29, 0.717) is 23.8 Å². The van der Waals surface area contributed by atoms with Crippen LogP contribution in [-0.4, -0.2) is 28.5 Å². The number of aromatic nitrogens is 2. The summed E-state index contributed by atoms with van der Waals surface area (Å²) in [6.07, 6.45) is 1.86. The van der Waals surface area contributed by atoms with E-state index in [1.165, 1.54) is 4.57 Å². The molecular weight excluding hydrogens is 406 g/mol. The normalized spacial score (nSPS) is 11.0. The van der Waals surface area contributed by atoms with Crippen molar-refractivity contribution < 1.29 is 4.79 Å². The Morgan fingerprint density at radius 1 is 1.27 bits per heavy atom. The van der Waals surface area contributed by atoms with Crippen molar-refractivity contribution in [3.8, 4) is 0 Å². The summed E-state index contributed by atoms with van der Waals surface area (Å²) < 4.78 is 1.38. The molecule has 0 aliphatic rings. The van der Waals surface area contributed by atoms with Gasteiger partial charge in [-0.25, -0.2) is 4.79 Å². The largest absolute Gasteiger partial charge is 0.383 e. The Hall–Kier alpha value is -2.74. The third kappa shape index (κ3) is 6.13. The number of unbranched alkanes of at least 4 members (excludes halogenated alkanes) is 1. The molecule has 0 fully saturated rings. The molecule has 2 aromatic rings. The Morgan fingerprint density at radius 2 is 1.97 bits per heavy atom. The first kappa shape index (κ1) is 23.5. The number of anilines is 3. The first-order chi connectivity index (χ1) is 14.2. The van der Waals surface area contributed by atoms with E-state index in [-0.39, 0.29) is 36.3 Å². The molecule has 0 spiro atoms. The lowest BCUT2D eigenvalue weighted by Crippen LogP contribution is -2.40. The number of hydrogen-bond acceptors (Lipinski definition) is 5. The Balaban J connectivity index is 2.25. The fourth-order valence-corrected chi connectivity index (χ4v) is 3.31. The Morgan fingerprint density at radius 3 is 2.60 bits per heavy atom. The summed E-state index contributed by atoms with van der Waals surface area (Å²) in [5, 5.41) is 3.23. The second-order valence-electron chi connectivity index (χ2n) is 7.62. The number of halogens is 1. The second kappa shape index (κ2) is 10.9. The molecule has 0 atom stereocenters. The molecule has 0 aliphatic carbocycles. The zero-order chi connectivity index (χ0) is 22.3. The molecule has 1 aromatic carbocycles. The molecule has 0 bridgehead atoms. The highest BCUT2D eigenvalue weighted by Gasteiger charge is 2.20. The third-order valence-corrected chi connectivity index (χ3v) is 4.95. The quantitative estimate of drug-likeness (QED) is 0.530. The number of rotatable bonds is 10. The minimum Gasteiger partial charge on any atom is -0.383 e. The maximum atomic E-state index is 12.6. The van der Waals surface area contributed by atoms with Crippen molar-refractivity contribution in [3.63, 3.8) is 0 Å². The van der Waals surface area contributed by atoms with Crippen LogP contribution in [0.3, 0.4) is 0 Å². The number of nitrogens with one attached hydrogen (secondary N) is 2. The van der Waals surface area contributed by atoms with Crippen LogP contribution in [0.5, 0.6) is 0 Å². The molecule has 164 valence electrons. The van der Waals surface area contributed by atoms with Crippen LogP contribution < -0.4 is 27.2 Å². The Bertz CT molecular complexity index is 983. The Kier molecular flexibility index (Phi) is 8.53. The molecule has 1 heterocycles. The monoisotopic (exact) mass is 435 g/mol. The van der Waals surface area contributed by atoms with Crippen LogP contribution in [0.1, 0.15) is 40.0 Å². The van der Waals surface area contributed by atoms with Crippen LogP contribution in [0.2, 0.25) is 5.02 Å². The average Bonchev–Trinajstić information content (AvgIpc) is 2.68. The van der Waals surface area contributed by atoms with Crippen LogP contribution in [0.15, 0.2) is 33.9 Å². The van der Waals surface area contributed by atoms with Gasteiger partial charge in [-0.05, 0) is 24.5 Å². The first-order valence-corrected chi connectivity index (χ1v) is 10.5. The number of H-pyrrole nitrogens is 1. The van der Waals surface area contributed by atoms with Crippen molar-refractivity contribution in [1.82, 2.24) is 9.55 Å². The molecule has 0 aliphatic heterocycles. The minimum atomic E-state index is -0.542. The van der Waals surface area contributed by atoms with Gasteiger partial charge < -0.3 is 16.0 Å². The number of hydrogen-bond donors (Lipinski definition) is 3. The highest BCUT2D eigenvalue weighted by atomic mass is 35.5. The molecule has 0 saturated heterocycles. The number of nitrogens with zero attached hydrogens (tertiary/aromatic N) is 2. The topological polar surface area (TPSA) is 113 Å². The zero-order valence-corrected chi connectivity index (χ0v) is 18.5. The molecule has 0 saturated carbocycles. The summed E-state index contributed by atoms with van der Waals surface area (Å²) in [7, 11) is 0. The number of nitrogen functional groups attached to an aromatic ring is 1.